The third-order valence-corrected chi connectivity index (χ3v) is 9.03. The van der Waals surface area contributed by atoms with Crippen LogP contribution in [-0.4, -0.2) is 30.0 Å². The minimum atomic E-state index is -4.12. The molecule has 0 unspecified atom stereocenters. The van der Waals surface area contributed by atoms with Gasteiger partial charge in [0.05, 0.1) is 33.4 Å². The molecule has 14 heteroatoms. The summed E-state index contributed by atoms with van der Waals surface area (Å²) in [6, 6.07) is 11.1. The van der Waals surface area contributed by atoms with Crippen molar-refractivity contribution in [2.24, 2.45) is 0 Å². The molecule has 0 saturated carbocycles. The van der Waals surface area contributed by atoms with Crippen LogP contribution < -0.4 is 14.8 Å². The number of carbonyl (C=O) groups excluding carboxylic acids is 1. The van der Waals surface area contributed by atoms with E-state index >= 15 is 0 Å². The van der Waals surface area contributed by atoms with Crippen LogP contribution in [0.5, 0.6) is 0 Å². The fourth-order valence-electron chi connectivity index (χ4n) is 2.56. The first-order chi connectivity index (χ1) is 15.5. The van der Waals surface area contributed by atoms with Gasteiger partial charge in [0.1, 0.15) is 4.21 Å². The molecule has 9 nitrogen and oxygen atoms in total. The van der Waals surface area contributed by atoms with E-state index in [2.05, 4.69) is 19.5 Å². The Kier molecular flexibility index (Phi) is 7.75. The third-order valence-electron chi connectivity index (χ3n) is 4.16. The number of sulfonamides is 2. The Morgan fingerprint density at radius 1 is 0.939 bits per heavy atom. The summed E-state index contributed by atoms with van der Waals surface area (Å²) in [5.41, 5.74) is 0.430. The number of amides is 1. The number of thiophene rings is 1. The van der Waals surface area contributed by atoms with Gasteiger partial charge in [-0.15, -0.1) is 11.3 Å². The van der Waals surface area contributed by atoms with Crippen molar-refractivity contribution in [3.8, 4) is 0 Å². The number of methoxy groups -OCH3 is 1. The molecule has 0 atom stereocenters. The van der Waals surface area contributed by atoms with Gasteiger partial charge in [0.25, 0.3) is 20.0 Å². The van der Waals surface area contributed by atoms with E-state index in [0.29, 0.717) is 5.56 Å². The van der Waals surface area contributed by atoms with Gasteiger partial charge < -0.3 is 10.1 Å². The highest BCUT2D eigenvalue weighted by Gasteiger charge is 2.22. The summed E-state index contributed by atoms with van der Waals surface area (Å²) >= 11 is 13.1. The fourth-order valence-corrected chi connectivity index (χ4v) is 6.03. The highest BCUT2D eigenvalue weighted by molar-refractivity contribution is 7.94. The average molecular weight is 550 g/mol. The molecule has 3 rings (SSSR count). The van der Waals surface area contributed by atoms with E-state index < -0.39 is 26.1 Å². The Hall–Kier alpha value is -2.51. The standard InChI is InChI=1S/C19H17Cl2N3O6S3/c1-30-19(25)22-11-12-4-6-13(7-5-12)32(26,27)23-16-9-14(20)15(21)10-17(16)24-33(28,29)18-3-2-8-31-18/h2-10,23-24H,11H2,1H3,(H,22,25). The number of anilines is 2. The molecule has 33 heavy (non-hydrogen) atoms. The fraction of sp³-hybridized carbons (Fsp3) is 0.105. The zero-order valence-electron chi connectivity index (χ0n) is 16.8. The largest absolute Gasteiger partial charge is 0.453 e. The number of hydrogen-bond donors (Lipinski definition) is 3. The Morgan fingerprint density at radius 3 is 2.03 bits per heavy atom. The maximum atomic E-state index is 12.9. The first-order valence-corrected chi connectivity index (χ1v) is 13.6. The lowest BCUT2D eigenvalue weighted by atomic mass is 10.2. The average Bonchev–Trinajstić information content (AvgIpc) is 3.31. The summed E-state index contributed by atoms with van der Waals surface area (Å²) in [6.45, 7) is 0.141. The zero-order chi connectivity index (χ0) is 24.2. The van der Waals surface area contributed by atoms with Crippen molar-refractivity contribution >= 4 is 72.1 Å². The van der Waals surface area contributed by atoms with Crippen molar-refractivity contribution in [1.82, 2.24) is 5.32 Å². The van der Waals surface area contributed by atoms with E-state index in [1.807, 2.05) is 0 Å². The van der Waals surface area contributed by atoms with Gasteiger partial charge in [-0.2, -0.15) is 0 Å². The topological polar surface area (TPSA) is 131 Å². The van der Waals surface area contributed by atoms with Gasteiger partial charge in [0, 0.05) is 6.54 Å². The van der Waals surface area contributed by atoms with Crippen LogP contribution in [0.2, 0.25) is 10.0 Å². The van der Waals surface area contributed by atoms with E-state index in [9.17, 15) is 21.6 Å². The lowest BCUT2D eigenvalue weighted by molar-refractivity contribution is 0.170. The number of carbonyl (C=O) groups is 1. The second-order valence-corrected chi connectivity index (χ2v) is 11.8. The molecule has 2 aromatic carbocycles. The quantitative estimate of drug-likeness (QED) is 0.378. The molecule has 176 valence electrons. The Labute approximate surface area is 204 Å². The monoisotopic (exact) mass is 549 g/mol. The molecule has 1 aromatic heterocycles. The summed E-state index contributed by atoms with van der Waals surface area (Å²) in [5, 5.41) is 4.13. The first-order valence-electron chi connectivity index (χ1n) is 9.01. The number of rotatable bonds is 8. The van der Waals surface area contributed by atoms with E-state index in [1.54, 1.807) is 11.4 Å². The van der Waals surface area contributed by atoms with Crippen LogP contribution in [-0.2, 0) is 31.3 Å². The molecule has 0 aliphatic rings. The SMILES string of the molecule is COC(=O)NCc1ccc(S(=O)(=O)Nc2cc(Cl)c(Cl)cc2NS(=O)(=O)c2cccs2)cc1. The molecule has 0 fully saturated rings. The van der Waals surface area contributed by atoms with Crippen molar-refractivity contribution in [1.29, 1.82) is 0 Å². The zero-order valence-corrected chi connectivity index (χ0v) is 20.8. The lowest BCUT2D eigenvalue weighted by Crippen LogP contribution is -2.22. The molecular weight excluding hydrogens is 533 g/mol. The maximum Gasteiger partial charge on any atom is 0.407 e. The van der Waals surface area contributed by atoms with Crippen molar-refractivity contribution < 1.29 is 26.4 Å². The smallest absolute Gasteiger partial charge is 0.407 e. The summed E-state index contributed by atoms with van der Waals surface area (Å²) in [7, 11) is -6.87. The second kappa shape index (κ2) is 10.2. The molecule has 0 aliphatic carbocycles. The lowest BCUT2D eigenvalue weighted by Gasteiger charge is -2.15. The molecule has 0 aliphatic heterocycles. The van der Waals surface area contributed by atoms with Gasteiger partial charge >= 0.3 is 6.09 Å². The summed E-state index contributed by atoms with van der Waals surface area (Å²) in [5.74, 6) is 0. The van der Waals surface area contributed by atoms with Crippen LogP contribution in [0.3, 0.4) is 0 Å². The van der Waals surface area contributed by atoms with Crippen LogP contribution >= 0.6 is 34.5 Å². The Morgan fingerprint density at radius 2 is 1.52 bits per heavy atom. The highest BCUT2D eigenvalue weighted by atomic mass is 35.5. The van der Waals surface area contributed by atoms with Crippen LogP contribution in [0, 0.1) is 0 Å². The molecule has 0 spiro atoms. The van der Waals surface area contributed by atoms with Crippen molar-refractivity contribution in [2.75, 3.05) is 16.6 Å². The predicted molar refractivity (Wildman–Crippen MR) is 128 cm³/mol. The van der Waals surface area contributed by atoms with Crippen LogP contribution in [0.1, 0.15) is 5.56 Å². The molecule has 0 saturated heterocycles. The number of alkyl carbamates (subject to hydrolysis) is 1. The van der Waals surface area contributed by atoms with Crippen LogP contribution in [0.25, 0.3) is 0 Å². The molecule has 1 heterocycles. The van der Waals surface area contributed by atoms with Gasteiger partial charge in [-0.1, -0.05) is 41.4 Å². The summed E-state index contributed by atoms with van der Waals surface area (Å²) in [6.07, 6.45) is -0.620. The highest BCUT2D eigenvalue weighted by Crippen LogP contribution is 2.35. The van der Waals surface area contributed by atoms with Crippen LogP contribution in [0.4, 0.5) is 16.2 Å². The molecule has 1 amide bonds. The number of ether oxygens (including phenoxy) is 1. The molecule has 0 bridgehead atoms. The number of hydrogen-bond acceptors (Lipinski definition) is 7. The van der Waals surface area contributed by atoms with Crippen LogP contribution in [0.15, 0.2) is 63.0 Å². The molecule has 3 N–H and O–H groups in total. The Bertz CT molecular complexity index is 1360. The van der Waals surface area contributed by atoms with Gasteiger partial charge in [0.15, 0.2) is 0 Å². The van der Waals surface area contributed by atoms with E-state index in [1.165, 1.54) is 49.6 Å². The minimum Gasteiger partial charge on any atom is -0.453 e. The summed E-state index contributed by atoms with van der Waals surface area (Å²) in [4.78, 5) is 11.1. The van der Waals surface area contributed by atoms with Gasteiger partial charge in [-0.05, 0) is 41.3 Å². The first kappa shape index (κ1) is 25.1. The number of benzene rings is 2. The van der Waals surface area contributed by atoms with E-state index in [4.69, 9.17) is 23.2 Å². The summed E-state index contributed by atoms with van der Waals surface area (Å²) < 4.78 is 60.3. The number of nitrogens with one attached hydrogen (secondary N) is 3. The number of halogens is 2. The van der Waals surface area contributed by atoms with Gasteiger partial charge in [-0.25, -0.2) is 21.6 Å². The van der Waals surface area contributed by atoms with Crippen molar-refractivity contribution in [2.45, 2.75) is 15.6 Å². The van der Waals surface area contributed by atoms with E-state index in [-0.39, 0.29) is 37.1 Å². The van der Waals surface area contributed by atoms with Gasteiger partial charge in [-0.3, -0.25) is 9.44 Å². The predicted octanol–water partition coefficient (Wildman–Crippen LogP) is 4.51. The molecule has 0 radical (unpaired) electrons. The Balaban J connectivity index is 1.87. The third kappa shape index (κ3) is 6.30. The minimum absolute atomic E-state index is 0.0256. The normalized spacial score (nSPS) is 11.6. The second-order valence-electron chi connectivity index (χ2n) is 6.44. The maximum absolute atomic E-state index is 12.9. The van der Waals surface area contributed by atoms with Gasteiger partial charge in [0.2, 0.25) is 0 Å². The van der Waals surface area contributed by atoms with E-state index in [0.717, 1.165) is 11.3 Å². The van der Waals surface area contributed by atoms with Crippen molar-refractivity contribution in [3.63, 3.8) is 0 Å². The molecular formula is C19H17Cl2N3O6S3. The van der Waals surface area contributed by atoms with Crippen molar-refractivity contribution in [3.05, 3.63) is 69.5 Å². The molecule has 3 aromatic rings.